The van der Waals surface area contributed by atoms with Crippen molar-refractivity contribution in [3.05, 3.63) is 77.4 Å². The van der Waals surface area contributed by atoms with Crippen LogP contribution in [-0.2, 0) is 27.1 Å². The van der Waals surface area contributed by atoms with Crippen molar-refractivity contribution in [1.29, 1.82) is 0 Å². The smallest absolute Gasteiger partial charge is 0.227 e. The quantitative estimate of drug-likeness (QED) is 0.623. The number of carbonyl (C=O) groups is 1. The average molecular weight is 413 g/mol. The number of methoxy groups -OCH3 is 1. The van der Waals surface area contributed by atoms with E-state index in [4.69, 9.17) is 9.88 Å². The van der Waals surface area contributed by atoms with Gasteiger partial charge in [0.1, 0.15) is 5.75 Å². The van der Waals surface area contributed by atoms with Crippen LogP contribution >= 0.6 is 0 Å². The maximum atomic E-state index is 12.6. The van der Waals surface area contributed by atoms with E-state index >= 15 is 0 Å². The summed E-state index contributed by atoms with van der Waals surface area (Å²) in [5.74, 6) is 0.214. The van der Waals surface area contributed by atoms with Crippen LogP contribution in [0.3, 0.4) is 0 Å². The zero-order valence-electron chi connectivity index (χ0n) is 16.4. The van der Waals surface area contributed by atoms with E-state index in [-0.39, 0.29) is 17.6 Å². The maximum Gasteiger partial charge on any atom is 0.227 e. The van der Waals surface area contributed by atoms with Gasteiger partial charge in [0.15, 0.2) is 0 Å². The minimum atomic E-state index is -3.55. The summed E-state index contributed by atoms with van der Waals surface area (Å²) < 4.78 is 27.5. The third-order valence-electron chi connectivity index (χ3n) is 4.82. The Balaban J connectivity index is 1.63. The number of sulfonamides is 1. The zero-order valence-corrected chi connectivity index (χ0v) is 17.2. The van der Waals surface area contributed by atoms with Crippen LogP contribution in [0.25, 0.3) is 10.8 Å². The average Bonchev–Trinajstić information content (AvgIpc) is 2.70. The third-order valence-corrected chi connectivity index (χ3v) is 5.56. The Labute approximate surface area is 170 Å². The van der Waals surface area contributed by atoms with Crippen LogP contribution in [0.1, 0.15) is 29.5 Å². The highest BCUT2D eigenvalue weighted by Gasteiger charge is 2.15. The Morgan fingerprint density at radius 1 is 1.00 bits per heavy atom. The molecule has 1 atom stereocenters. The number of hydrogen-bond donors (Lipinski definition) is 2. The van der Waals surface area contributed by atoms with Gasteiger partial charge in [0.2, 0.25) is 15.9 Å². The van der Waals surface area contributed by atoms with E-state index in [9.17, 15) is 13.2 Å². The first-order valence-electron chi connectivity index (χ1n) is 9.19. The molecule has 29 heavy (non-hydrogen) atoms. The van der Waals surface area contributed by atoms with E-state index in [0.717, 1.165) is 27.6 Å². The molecular weight excluding hydrogens is 388 g/mol. The molecule has 0 bridgehead atoms. The van der Waals surface area contributed by atoms with Gasteiger partial charge in [0.05, 0.1) is 18.8 Å². The second-order valence-electron chi connectivity index (χ2n) is 7.04. The van der Waals surface area contributed by atoms with E-state index in [1.807, 2.05) is 43.3 Å². The fraction of sp³-hybridized carbons (Fsp3) is 0.227. The highest BCUT2D eigenvalue weighted by atomic mass is 32.2. The van der Waals surface area contributed by atoms with Crippen LogP contribution in [0.4, 0.5) is 0 Å². The van der Waals surface area contributed by atoms with Gasteiger partial charge >= 0.3 is 0 Å². The normalized spacial score (nSPS) is 12.5. The molecule has 3 aromatic carbocycles. The first-order chi connectivity index (χ1) is 13.7. The minimum absolute atomic E-state index is 0.0773. The van der Waals surface area contributed by atoms with E-state index in [1.165, 1.54) is 0 Å². The van der Waals surface area contributed by atoms with E-state index in [2.05, 4.69) is 5.32 Å². The van der Waals surface area contributed by atoms with Gasteiger partial charge < -0.3 is 10.1 Å². The second kappa shape index (κ2) is 8.63. The van der Waals surface area contributed by atoms with Crippen molar-refractivity contribution in [1.82, 2.24) is 5.32 Å². The van der Waals surface area contributed by atoms with Gasteiger partial charge in [-0.05, 0) is 46.5 Å². The highest BCUT2D eigenvalue weighted by Crippen LogP contribution is 2.25. The first kappa shape index (κ1) is 20.8. The molecule has 3 rings (SSSR count). The lowest BCUT2D eigenvalue weighted by Gasteiger charge is -2.14. The number of fused-ring (bicyclic) bond motifs is 1. The van der Waals surface area contributed by atoms with Crippen LogP contribution in [-0.4, -0.2) is 21.4 Å². The van der Waals surface area contributed by atoms with Crippen molar-refractivity contribution >= 4 is 26.7 Å². The van der Waals surface area contributed by atoms with Crippen LogP contribution in [0.5, 0.6) is 5.75 Å². The van der Waals surface area contributed by atoms with Crippen molar-refractivity contribution < 1.29 is 17.9 Å². The number of ether oxygens (including phenoxy) is 1. The summed E-state index contributed by atoms with van der Waals surface area (Å²) >= 11 is 0. The van der Waals surface area contributed by atoms with Crippen molar-refractivity contribution in [3.63, 3.8) is 0 Å². The molecule has 0 unspecified atom stereocenters. The topological polar surface area (TPSA) is 98.5 Å². The lowest BCUT2D eigenvalue weighted by atomic mass is 9.97. The van der Waals surface area contributed by atoms with E-state index in [0.29, 0.717) is 12.1 Å². The molecule has 0 aromatic heterocycles. The molecule has 0 saturated heterocycles. The first-order valence-corrected chi connectivity index (χ1v) is 10.9. The van der Waals surface area contributed by atoms with Gasteiger partial charge in [-0.25, -0.2) is 13.6 Å². The molecule has 0 fully saturated rings. The number of nitrogens with one attached hydrogen (secondary N) is 1. The second-order valence-corrected chi connectivity index (χ2v) is 8.65. The van der Waals surface area contributed by atoms with Crippen LogP contribution in [0.15, 0.2) is 60.7 Å². The van der Waals surface area contributed by atoms with Crippen molar-refractivity contribution in [2.24, 2.45) is 5.14 Å². The molecule has 6 nitrogen and oxygen atoms in total. The number of nitrogens with two attached hydrogens (primary N) is 1. The molecule has 0 heterocycles. The molecular formula is C22H24N2O4S. The summed E-state index contributed by atoms with van der Waals surface area (Å²) in [6.45, 7) is 2.23. The fourth-order valence-corrected chi connectivity index (χ4v) is 3.77. The Hall–Kier alpha value is -2.90. The van der Waals surface area contributed by atoms with Crippen molar-refractivity contribution in [2.45, 2.75) is 25.1 Å². The number of primary sulfonamides is 1. The largest absolute Gasteiger partial charge is 0.497 e. The number of rotatable bonds is 7. The van der Waals surface area contributed by atoms with Gasteiger partial charge in [-0.15, -0.1) is 0 Å². The molecule has 3 N–H and O–H groups in total. The SMILES string of the molecule is COc1ccc2cc([C@@H](C)C(=O)NCc3ccc(CS(N)(=O)=O)cc3)ccc2c1. The highest BCUT2D eigenvalue weighted by molar-refractivity contribution is 7.88. The molecule has 0 saturated carbocycles. The summed E-state index contributed by atoms with van der Waals surface area (Å²) in [4.78, 5) is 12.6. The van der Waals surface area contributed by atoms with Crippen LogP contribution in [0.2, 0.25) is 0 Å². The van der Waals surface area contributed by atoms with Crippen molar-refractivity contribution in [2.75, 3.05) is 7.11 Å². The van der Waals surface area contributed by atoms with Crippen LogP contribution < -0.4 is 15.2 Å². The van der Waals surface area contributed by atoms with Gasteiger partial charge in [0, 0.05) is 6.54 Å². The Morgan fingerprint density at radius 2 is 1.62 bits per heavy atom. The molecule has 0 aliphatic carbocycles. The predicted octanol–water partition coefficient (Wildman–Crippen LogP) is 3.06. The lowest BCUT2D eigenvalue weighted by molar-refractivity contribution is -0.122. The van der Waals surface area contributed by atoms with E-state index < -0.39 is 10.0 Å². The molecule has 0 aliphatic rings. The molecule has 7 heteroatoms. The summed E-state index contributed by atoms with van der Waals surface area (Å²) in [6.07, 6.45) is 0. The van der Waals surface area contributed by atoms with Gasteiger partial charge in [-0.2, -0.15) is 0 Å². The Bertz CT molecular complexity index is 1130. The van der Waals surface area contributed by atoms with E-state index in [1.54, 1.807) is 31.4 Å². The summed E-state index contributed by atoms with van der Waals surface area (Å²) in [7, 11) is -1.92. The molecule has 152 valence electrons. The third kappa shape index (κ3) is 5.56. The minimum Gasteiger partial charge on any atom is -0.497 e. The molecule has 0 aliphatic heterocycles. The van der Waals surface area contributed by atoms with Crippen molar-refractivity contribution in [3.8, 4) is 5.75 Å². The summed E-state index contributed by atoms with van der Waals surface area (Å²) in [5, 5.41) is 10.1. The number of carbonyl (C=O) groups excluding carboxylic acids is 1. The predicted molar refractivity (Wildman–Crippen MR) is 114 cm³/mol. The molecule has 0 spiro atoms. The monoisotopic (exact) mass is 412 g/mol. The standard InChI is InChI=1S/C22H24N2O4S/c1-15(18-7-8-20-12-21(28-2)10-9-19(20)11-18)22(25)24-13-16-3-5-17(6-4-16)14-29(23,26)27/h3-12,15H,13-14H2,1-2H3,(H,24,25)(H2,23,26,27)/t15-/m1/s1. The maximum absolute atomic E-state index is 12.6. The number of benzene rings is 3. The zero-order chi connectivity index (χ0) is 21.0. The van der Waals surface area contributed by atoms with Gasteiger partial charge in [-0.3, -0.25) is 4.79 Å². The Morgan fingerprint density at radius 3 is 2.28 bits per heavy atom. The van der Waals surface area contributed by atoms with Crippen LogP contribution in [0, 0.1) is 0 Å². The van der Waals surface area contributed by atoms with Gasteiger partial charge in [-0.1, -0.05) is 48.5 Å². The summed E-state index contributed by atoms with van der Waals surface area (Å²) in [5.41, 5.74) is 2.43. The number of hydrogen-bond acceptors (Lipinski definition) is 4. The molecule has 0 radical (unpaired) electrons. The molecule has 1 amide bonds. The Kier molecular flexibility index (Phi) is 6.20. The lowest BCUT2D eigenvalue weighted by Crippen LogP contribution is -2.27. The van der Waals surface area contributed by atoms with Gasteiger partial charge in [0.25, 0.3) is 0 Å². The fourth-order valence-electron chi connectivity index (χ4n) is 3.12. The number of amides is 1. The molecule has 3 aromatic rings. The summed E-state index contributed by atoms with van der Waals surface area (Å²) in [6, 6.07) is 18.8.